The smallest absolute Gasteiger partial charge is 0.330 e. The van der Waals surface area contributed by atoms with E-state index in [0.717, 1.165) is 37.0 Å². The van der Waals surface area contributed by atoms with Crippen LogP contribution in [0.5, 0.6) is 0 Å². The summed E-state index contributed by atoms with van der Waals surface area (Å²) in [6.45, 7) is 5.21. The SMILES string of the molecule is C=CC(=O)OC12CC3CC(CC(C3)C1)C2.OCCOCCOCCO. The zero-order valence-corrected chi connectivity index (χ0v) is 15.0. The predicted molar refractivity (Wildman–Crippen MR) is 93.0 cm³/mol. The maximum absolute atomic E-state index is 11.4. The molecule has 0 saturated heterocycles. The van der Waals surface area contributed by atoms with Crippen LogP contribution in [0.25, 0.3) is 0 Å². The highest BCUT2D eigenvalue weighted by Gasteiger charge is 2.52. The van der Waals surface area contributed by atoms with E-state index in [9.17, 15) is 4.79 Å². The number of esters is 1. The lowest BCUT2D eigenvalue weighted by Crippen LogP contribution is -2.52. The van der Waals surface area contributed by atoms with Crippen LogP contribution in [-0.4, -0.2) is 61.4 Å². The Kier molecular flexibility index (Phi) is 8.36. The largest absolute Gasteiger partial charge is 0.456 e. The summed E-state index contributed by atoms with van der Waals surface area (Å²) < 4.78 is 15.4. The second kappa shape index (κ2) is 10.3. The summed E-state index contributed by atoms with van der Waals surface area (Å²) in [5.41, 5.74) is -0.0972. The first-order valence-electron chi connectivity index (χ1n) is 9.33. The van der Waals surface area contributed by atoms with Crippen molar-refractivity contribution in [3.8, 4) is 0 Å². The Bertz CT molecular complexity index is 379. The van der Waals surface area contributed by atoms with E-state index < -0.39 is 0 Å². The van der Waals surface area contributed by atoms with Crippen LogP contribution >= 0.6 is 0 Å². The molecule has 4 fully saturated rings. The lowest BCUT2D eigenvalue weighted by molar-refractivity contribution is -0.181. The van der Waals surface area contributed by atoms with Gasteiger partial charge in [0.1, 0.15) is 5.60 Å². The molecule has 4 rings (SSSR count). The van der Waals surface area contributed by atoms with Gasteiger partial charge in [0.15, 0.2) is 0 Å². The van der Waals surface area contributed by atoms with Gasteiger partial charge in [-0.3, -0.25) is 0 Å². The van der Waals surface area contributed by atoms with Crippen molar-refractivity contribution in [2.24, 2.45) is 17.8 Å². The number of hydrogen-bond acceptors (Lipinski definition) is 6. The van der Waals surface area contributed by atoms with Crippen molar-refractivity contribution >= 4 is 5.97 Å². The average molecular weight is 356 g/mol. The van der Waals surface area contributed by atoms with Crippen molar-refractivity contribution < 1.29 is 29.2 Å². The molecule has 4 aliphatic carbocycles. The monoisotopic (exact) mass is 356 g/mol. The molecule has 2 N–H and O–H groups in total. The summed E-state index contributed by atoms with van der Waals surface area (Å²) in [5.74, 6) is 2.26. The normalized spacial score (nSPS) is 32.0. The maximum Gasteiger partial charge on any atom is 0.330 e. The van der Waals surface area contributed by atoms with E-state index in [1.807, 2.05) is 0 Å². The summed E-state index contributed by atoms with van der Waals surface area (Å²) in [6.07, 6.45) is 8.77. The van der Waals surface area contributed by atoms with Crippen molar-refractivity contribution in [3.05, 3.63) is 12.7 Å². The van der Waals surface area contributed by atoms with E-state index in [4.69, 9.17) is 24.4 Å². The molecular formula is C19H32O6. The Labute approximate surface area is 150 Å². The first-order chi connectivity index (χ1) is 12.1. The summed E-state index contributed by atoms with van der Waals surface area (Å²) in [7, 11) is 0. The van der Waals surface area contributed by atoms with Gasteiger partial charge >= 0.3 is 5.97 Å². The number of carbonyl (C=O) groups excluding carboxylic acids is 1. The molecule has 4 saturated carbocycles. The molecule has 4 aliphatic rings. The number of carbonyl (C=O) groups is 1. The molecule has 0 aromatic rings. The molecule has 0 aromatic heterocycles. The Morgan fingerprint density at radius 1 is 0.920 bits per heavy atom. The molecule has 0 aromatic carbocycles. The van der Waals surface area contributed by atoms with Crippen molar-refractivity contribution in [1.82, 2.24) is 0 Å². The highest BCUT2D eigenvalue weighted by Crippen LogP contribution is 2.57. The van der Waals surface area contributed by atoms with Gasteiger partial charge in [-0.2, -0.15) is 0 Å². The van der Waals surface area contributed by atoms with Crippen LogP contribution in [0.3, 0.4) is 0 Å². The zero-order valence-electron chi connectivity index (χ0n) is 15.0. The van der Waals surface area contributed by atoms with Gasteiger partial charge in [0.05, 0.1) is 39.6 Å². The number of rotatable bonds is 9. The Hall–Kier alpha value is -0.950. The van der Waals surface area contributed by atoms with E-state index in [1.54, 1.807) is 0 Å². The van der Waals surface area contributed by atoms with E-state index >= 15 is 0 Å². The van der Waals surface area contributed by atoms with Crippen LogP contribution in [0.4, 0.5) is 0 Å². The lowest BCUT2D eigenvalue weighted by atomic mass is 9.54. The Morgan fingerprint density at radius 2 is 1.36 bits per heavy atom. The van der Waals surface area contributed by atoms with E-state index in [2.05, 4.69) is 6.58 Å². The molecule has 144 valence electrons. The Balaban J connectivity index is 0.000000199. The molecule has 0 radical (unpaired) electrons. The fourth-order valence-corrected chi connectivity index (χ4v) is 4.86. The van der Waals surface area contributed by atoms with E-state index in [0.29, 0.717) is 26.4 Å². The molecule has 6 heteroatoms. The zero-order chi connectivity index (χ0) is 18.1. The fraction of sp³-hybridized carbons (Fsp3) is 0.842. The van der Waals surface area contributed by atoms with Gasteiger partial charge in [-0.1, -0.05) is 6.58 Å². The number of hydrogen-bond donors (Lipinski definition) is 2. The summed E-state index contributed by atoms with van der Waals surface area (Å²) in [5, 5.41) is 16.5. The van der Waals surface area contributed by atoms with Gasteiger partial charge in [-0.15, -0.1) is 0 Å². The maximum atomic E-state index is 11.4. The van der Waals surface area contributed by atoms with Gasteiger partial charge in [0, 0.05) is 6.08 Å². The fourth-order valence-electron chi connectivity index (χ4n) is 4.86. The second-order valence-electron chi connectivity index (χ2n) is 7.40. The van der Waals surface area contributed by atoms with Gasteiger partial charge in [-0.25, -0.2) is 4.79 Å². The second-order valence-corrected chi connectivity index (χ2v) is 7.40. The van der Waals surface area contributed by atoms with Crippen LogP contribution in [0.2, 0.25) is 0 Å². The third-order valence-corrected chi connectivity index (χ3v) is 5.31. The topological polar surface area (TPSA) is 85.2 Å². The van der Waals surface area contributed by atoms with Crippen molar-refractivity contribution in [1.29, 1.82) is 0 Å². The molecule has 0 amide bonds. The van der Waals surface area contributed by atoms with Gasteiger partial charge < -0.3 is 24.4 Å². The van der Waals surface area contributed by atoms with E-state index in [-0.39, 0.29) is 24.8 Å². The number of aliphatic hydroxyl groups excluding tert-OH is 2. The van der Waals surface area contributed by atoms with Gasteiger partial charge in [0.2, 0.25) is 0 Å². The van der Waals surface area contributed by atoms with Crippen LogP contribution in [0.1, 0.15) is 38.5 Å². The first-order valence-corrected chi connectivity index (χ1v) is 9.33. The standard InChI is InChI=1S/C13H18O2.C6H14O4/c1-2-12(14)15-13-6-9-3-10(7-13)5-11(4-9)8-13;7-1-3-9-5-6-10-4-2-8/h2,9-11H,1,3-8H2;7-8H,1-6H2. The van der Waals surface area contributed by atoms with Gasteiger partial charge in [-0.05, 0) is 56.3 Å². The minimum atomic E-state index is -0.225. The molecule has 0 aliphatic heterocycles. The Morgan fingerprint density at radius 3 is 1.72 bits per heavy atom. The van der Waals surface area contributed by atoms with Crippen LogP contribution in [0.15, 0.2) is 12.7 Å². The van der Waals surface area contributed by atoms with Crippen LogP contribution in [-0.2, 0) is 19.0 Å². The summed E-state index contributed by atoms with van der Waals surface area (Å²) in [6, 6.07) is 0. The minimum absolute atomic E-state index is 0.0417. The summed E-state index contributed by atoms with van der Waals surface area (Å²) >= 11 is 0. The highest BCUT2D eigenvalue weighted by molar-refractivity contribution is 5.81. The number of ether oxygens (including phenoxy) is 3. The van der Waals surface area contributed by atoms with Crippen LogP contribution in [0, 0.1) is 17.8 Å². The minimum Gasteiger partial charge on any atom is -0.456 e. The van der Waals surface area contributed by atoms with E-state index in [1.165, 1.54) is 25.3 Å². The van der Waals surface area contributed by atoms with Crippen molar-refractivity contribution in [2.45, 2.75) is 44.1 Å². The van der Waals surface area contributed by atoms with Crippen LogP contribution < -0.4 is 0 Å². The molecule has 25 heavy (non-hydrogen) atoms. The summed E-state index contributed by atoms with van der Waals surface area (Å²) in [4.78, 5) is 11.4. The number of aliphatic hydroxyl groups is 2. The average Bonchev–Trinajstić information content (AvgIpc) is 2.57. The molecular weight excluding hydrogens is 324 g/mol. The molecule has 0 spiro atoms. The third-order valence-electron chi connectivity index (χ3n) is 5.31. The van der Waals surface area contributed by atoms with Gasteiger partial charge in [0.25, 0.3) is 0 Å². The molecule has 0 heterocycles. The first kappa shape index (κ1) is 20.4. The molecule has 6 nitrogen and oxygen atoms in total. The molecule has 0 atom stereocenters. The molecule has 4 bridgehead atoms. The highest BCUT2D eigenvalue weighted by atomic mass is 16.6. The molecule has 0 unspecified atom stereocenters. The third kappa shape index (κ3) is 6.37. The lowest BCUT2D eigenvalue weighted by Gasteiger charge is -2.55. The van der Waals surface area contributed by atoms with Crippen molar-refractivity contribution in [3.63, 3.8) is 0 Å². The quantitative estimate of drug-likeness (QED) is 0.371. The van der Waals surface area contributed by atoms with Crippen molar-refractivity contribution in [2.75, 3.05) is 39.6 Å². The predicted octanol–water partition coefficient (Wildman–Crippen LogP) is 1.69.